The van der Waals surface area contributed by atoms with Crippen molar-refractivity contribution >= 4 is 5.91 Å². The van der Waals surface area contributed by atoms with Gasteiger partial charge in [0, 0.05) is 13.0 Å². The highest BCUT2D eigenvalue weighted by Crippen LogP contribution is 2.63. The van der Waals surface area contributed by atoms with Crippen molar-refractivity contribution in [2.24, 2.45) is 29.1 Å². The zero-order valence-corrected chi connectivity index (χ0v) is 9.87. The SMILES string of the molecule is O=C1CCC2(CN1)C1CC3CC(C1)CC2C3. The van der Waals surface area contributed by atoms with Gasteiger partial charge in [0.05, 0.1) is 0 Å². The second-order valence-electron chi connectivity index (χ2n) is 6.81. The standard InChI is InChI=1S/C14H21NO/c16-13-1-2-14(8-15-13)11-4-9-3-10(6-11)7-12(14)5-9/h9-12H,1-8H2,(H,15,16). The Morgan fingerprint density at radius 1 is 1.00 bits per heavy atom. The molecule has 1 aliphatic heterocycles. The monoisotopic (exact) mass is 219 g/mol. The van der Waals surface area contributed by atoms with Gasteiger partial charge in [-0.2, -0.15) is 0 Å². The summed E-state index contributed by atoms with van der Waals surface area (Å²) in [7, 11) is 0. The number of nitrogens with one attached hydrogen (secondary N) is 1. The van der Waals surface area contributed by atoms with Crippen molar-refractivity contribution in [1.29, 1.82) is 0 Å². The number of hydrogen-bond acceptors (Lipinski definition) is 1. The van der Waals surface area contributed by atoms with E-state index in [4.69, 9.17) is 0 Å². The first-order valence-electron chi connectivity index (χ1n) is 7.03. The molecular weight excluding hydrogens is 198 g/mol. The molecule has 1 amide bonds. The molecule has 5 fully saturated rings. The van der Waals surface area contributed by atoms with E-state index < -0.39 is 0 Å². The topological polar surface area (TPSA) is 29.1 Å². The Morgan fingerprint density at radius 3 is 2.12 bits per heavy atom. The van der Waals surface area contributed by atoms with Crippen LogP contribution in [0.25, 0.3) is 0 Å². The van der Waals surface area contributed by atoms with E-state index in [1.54, 1.807) is 0 Å². The maximum absolute atomic E-state index is 11.4. The van der Waals surface area contributed by atoms with Gasteiger partial charge in [-0.3, -0.25) is 4.79 Å². The number of amides is 1. The summed E-state index contributed by atoms with van der Waals surface area (Å²) in [5.41, 5.74) is 0.529. The van der Waals surface area contributed by atoms with Gasteiger partial charge in [-0.05, 0) is 67.6 Å². The molecule has 5 aliphatic rings. The molecule has 4 aliphatic carbocycles. The Labute approximate surface area is 97.2 Å². The van der Waals surface area contributed by atoms with E-state index in [1.807, 2.05) is 0 Å². The van der Waals surface area contributed by atoms with Gasteiger partial charge in [0.15, 0.2) is 0 Å². The van der Waals surface area contributed by atoms with Gasteiger partial charge < -0.3 is 5.32 Å². The molecule has 0 unspecified atom stereocenters. The van der Waals surface area contributed by atoms with Gasteiger partial charge >= 0.3 is 0 Å². The van der Waals surface area contributed by atoms with Crippen molar-refractivity contribution in [3.05, 3.63) is 0 Å². The first-order chi connectivity index (χ1) is 7.76. The fraction of sp³-hybridized carbons (Fsp3) is 0.929. The molecule has 1 N–H and O–H groups in total. The van der Waals surface area contributed by atoms with Crippen LogP contribution in [0.4, 0.5) is 0 Å². The molecule has 0 aromatic heterocycles. The van der Waals surface area contributed by atoms with Crippen LogP contribution in [0.2, 0.25) is 0 Å². The highest BCUT2D eigenvalue weighted by atomic mass is 16.1. The molecule has 5 rings (SSSR count). The molecule has 0 radical (unpaired) electrons. The van der Waals surface area contributed by atoms with Crippen LogP contribution in [0.15, 0.2) is 0 Å². The Kier molecular flexibility index (Phi) is 1.79. The summed E-state index contributed by atoms with van der Waals surface area (Å²) in [5.74, 6) is 4.28. The maximum atomic E-state index is 11.4. The molecule has 88 valence electrons. The minimum Gasteiger partial charge on any atom is -0.356 e. The Morgan fingerprint density at radius 2 is 1.62 bits per heavy atom. The van der Waals surface area contributed by atoms with Crippen LogP contribution in [0.1, 0.15) is 44.9 Å². The summed E-state index contributed by atoms with van der Waals surface area (Å²) in [6, 6.07) is 0. The summed E-state index contributed by atoms with van der Waals surface area (Å²) in [5, 5.41) is 3.16. The molecule has 16 heavy (non-hydrogen) atoms. The van der Waals surface area contributed by atoms with E-state index in [-0.39, 0.29) is 0 Å². The predicted octanol–water partition coefficient (Wildman–Crippen LogP) is 2.34. The summed E-state index contributed by atoms with van der Waals surface area (Å²) >= 11 is 0. The second kappa shape index (κ2) is 3.02. The van der Waals surface area contributed by atoms with E-state index in [0.717, 1.165) is 36.6 Å². The van der Waals surface area contributed by atoms with Gasteiger partial charge in [0.1, 0.15) is 0 Å². The van der Waals surface area contributed by atoms with Crippen molar-refractivity contribution in [2.45, 2.75) is 44.9 Å². The van der Waals surface area contributed by atoms with Crippen LogP contribution in [0.5, 0.6) is 0 Å². The molecule has 2 heteroatoms. The number of carbonyl (C=O) groups excluding carboxylic acids is 1. The second-order valence-corrected chi connectivity index (χ2v) is 6.81. The van der Waals surface area contributed by atoms with E-state index in [2.05, 4.69) is 5.32 Å². The minimum absolute atomic E-state index is 0.291. The maximum Gasteiger partial charge on any atom is 0.220 e. The van der Waals surface area contributed by atoms with Gasteiger partial charge in [-0.15, -0.1) is 0 Å². The van der Waals surface area contributed by atoms with Gasteiger partial charge in [0.25, 0.3) is 0 Å². The third-order valence-electron chi connectivity index (χ3n) is 6.20. The molecule has 0 aromatic rings. The first-order valence-corrected chi connectivity index (χ1v) is 7.03. The lowest BCUT2D eigenvalue weighted by Crippen LogP contribution is -2.59. The molecule has 0 atom stereocenters. The van der Waals surface area contributed by atoms with Crippen molar-refractivity contribution in [2.75, 3.05) is 6.54 Å². The van der Waals surface area contributed by atoms with Crippen molar-refractivity contribution in [3.63, 3.8) is 0 Å². The van der Waals surface area contributed by atoms with Crippen LogP contribution in [0.3, 0.4) is 0 Å². The van der Waals surface area contributed by atoms with E-state index in [1.165, 1.54) is 38.5 Å². The van der Waals surface area contributed by atoms with Gasteiger partial charge in [-0.25, -0.2) is 0 Å². The predicted molar refractivity (Wildman–Crippen MR) is 61.7 cm³/mol. The van der Waals surface area contributed by atoms with Crippen LogP contribution >= 0.6 is 0 Å². The van der Waals surface area contributed by atoms with Crippen LogP contribution in [-0.4, -0.2) is 12.5 Å². The van der Waals surface area contributed by atoms with Crippen LogP contribution in [-0.2, 0) is 4.79 Å². The number of piperidine rings is 1. The van der Waals surface area contributed by atoms with Gasteiger partial charge in [-0.1, -0.05) is 0 Å². The van der Waals surface area contributed by atoms with E-state index >= 15 is 0 Å². The Bertz CT molecular complexity index is 296. The summed E-state index contributed by atoms with van der Waals surface area (Å²) < 4.78 is 0. The molecule has 1 saturated heterocycles. The zero-order valence-electron chi connectivity index (χ0n) is 9.87. The number of carbonyl (C=O) groups is 1. The average molecular weight is 219 g/mol. The van der Waals surface area contributed by atoms with Crippen molar-refractivity contribution in [1.82, 2.24) is 5.32 Å². The first kappa shape index (κ1) is 9.49. The third-order valence-corrected chi connectivity index (χ3v) is 6.20. The van der Waals surface area contributed by atoms with Crippen molar-refractivity contribution < 1.29 is 4.79 Å². The van der Waals surface area contributed by atoms with E-state index in [9.17, 15) is 4.79 Å². The fourth-order valence-corrected chi connectivity index (χ4v) is 5.61. The lowest BCUT2D eigenvalue weighted by atomic mass is 9.44. The number of hydrogen-bond donors (Lipinski definition) is 1. The average Bonchev–Trinajstić information content (AvgIpc) is 2.27. The molecule has 0 aromatic carbocycles. The Balaban J connectivity index is 1.66. The summed E-state index contributed by atoms with van der Waals surface area (Å²) in [4.78, 5) is 11.4. The lowest BCUT2D eigenvalue weighted by molar-refractivity contribution is -0.142. The molecule has 4 saturated carbocycles. The van der Waals surface area contributed by atoms with E-state index in [0.29, 0.717) is 11.3 Å². The van der Waals surface area contributed by atoms with Crippen molar-refractivity contribution in [3.8, 4) is 0 Å². The molecular formula is C14H21NO. The third kappa shape index (κ3) is 1.11. The summed E-state index contributed by atoms with van der Waals surface area (Å²) in [6.45, 7) is 1.00. The molecule has 4 bridgehead atoms. The normalized spacial score (nSPS) is 54.4. The largest absolute Gasteiger partial charge is 0.356 e. The quantitative estimate of drug-likeness (QED) is 0.665. The Hall–Kier alpha value is -0.530. The number of rotatable bonds is 0. The zero-order chi connectivity index (χ0) is 10.8. The minimum atomic E-state index is 0.291. The van der Waals surface area contributed by atoms with Gasteiger partial charge in [0.2, 0.25) is 5.91 Å². The molecule has 1 spiro atoms. The fourth-order valence-electron chi connectivity index (χ4n) is 5.61. The van der Waals surface area contributed by atoms with Crippen LogP contribution in [0, 0.1) is 29.1 Å². The smallest absolute Gasteiger partial charge is 0.220 e. The molecule has 1 heterocycles. The highest BCUT2D eigenvalue weighted by molar-refractivity contribution is 5.76. The van der Waals surface area contributed by atoms with Crippen LogP contribution < -0.4 is 5.32 Å². The lowest BCUT2D eigenvalue weighted by Gasteiger charge is -2.62. The molecule has 2 nitrogen and oxygen atoms in total. The summed E-state index contributed by atoms with van der Waals surface area (Å²) in [6.07, 6.45) is 9.41. The highest BCUT2D eigenvalue weighted by Gasteiger charge is 2.57.